The smallest absolute Gasteiger partial charge is 0.252 e. The van der Waals surface area contributed by atoms with Gasteiger partial charge in [-0.3, -0.25) is 9.00 Å². The highest BCUT2D eigenvalue weighted by atomic mass is 35.5. The number of carbonyl (C=O) groups is 1. The molecule has 0 heterocycles. The van der Waals surface area contributed by atoms with Gasteiger partial charge in [0.1, 0.15) is 0 Å². The molecule has 0 bridgehead atoms. The van der Waals surface area contributed by atoms with Gasteiger partial charge in [0, 0.05) is 28.9 Å². The number of halogens is 2. The van der Waals surface area contributed by atoms with E-state index in [1.807, 2.05) is 0 Å². The zero-order valence-corrected chi connectivity index (χ0v) is 14.2. The van der Waals surface area contributed by atoms with Crippen molar-refractivity contribution in [1.29, 1.82) is 0 Å². The topological polar surface area (TPSA) is 106 Å². The van der Waals surface area contributed by atoms with Gasteiger partial charge in [0.2, 0.25) is 10.0 Å². The molecule has 0 saturated carbocycles. The van der Waals surface area contributed by atoms with E-state index in [-0.39, 0.29) is 27.0 Å². The summed E-state index contributed by atoms with van der Waals surface area (Å²) in [5.74, 6) is 0.173. The first kappa shape index (κ1) is 18.4. The molecule has 10 heteroatoms. The van der Waals surface area contributed by atoms with Gasteiger partial charge >= 0.3 is 0 Å². The molecule has 0 spiro atoms. The Morgan fingerprint density at radius 3 is 2.52 bits per heavy atom. The minimum Gasteiger partial charge on any atom is -0.351 e. The Balaban J connectivity index is 2.99. The number of amides is 1. The molecule has 0 aliphatic heterocycles. The van der Waals surface area contributed by atoms with Crippen LogP contribution in [0.2, 0.25) is 10.0 Å². The molecular weight excluding hydrogens is 359 g/mol. The molecule has 1 aromatic rings. The molecule has 1 unspecified atom stereocenters. The number of primary sulfonamides is 1. The second-order valence-corrected chi connectivity index (χ2v) is 8.21. The average molecular weight is 373 g/mol. The van der Waals surface area contributed by atoms with Crippen LogP contribution >= 0.6 is 23.2 Å². The van der Waals surface area contributed by atoms with Crippen LogP contribution in [0.1, 0.15) is 17.3 Å². The van der Waals surface area contributed by atoms with Crippen molar-refractivity contribution in [3.8, 4) is 0 Å². The first-order valence-electron chi connectivity index (χ1n) is 5.81. The maximum Gasteiger partial charge on any atom is 0.252 e. The molecule has 0 fully saturated rings. The van der Waals surface area contributed by atoms with E-state index in [0.717, 1.165) is 12.1 Å². The largest absolute Gasteiger partial charge is 0.351 e. The lowest BCUT2D eigenvalue weighted by Gasteiger charge is -2.09. The predicted molar refractivity (Wildman–Crippen MR) is 83.7 cm³/mol. The van der Waals surface area contributed by atoms with E-state index >= 15 is 0 Å². The standard InChI is InChI=1S/C11H14Cl2N2O4S2/c1-2-20(17)4-3-15-11(16)8-5-7(21(14,18)19)6-9(12)10(8)13/h5-6H,2-4H2,1H3,(H,15,16)(H2,14,18,19). The molecule has 6 nitrogen and oxygen atoms in total. The fourth-order valence-corrected chi connectivity index (χ4v) is 3.07. The van der Waals surface area contributed by atoms with Crippen molar-refractivity contribution in [1.82, 2.24) is 5.32 Å². The lowest BCUT2D eigenvalue weighted by Crippen LogP contribution is -2.28. The van der Waals surface area contributed by atoms with Crippen LogP contribution in [0.5, 0.6) is 0 Å². The molecular formula is C11H14Cl2N2O4S2. The number of benzene rings is 1. The Bertz CT molecular complexity index is 677. The van der Waals surface area contributed by atoms with Crippen LogP contribution in [0, 0.1) is 0 Å². The molecule has 1 rings (SSSR count). The summed E-state index contributed by atoms with van der Waals surface area (Å²) >= 11 is 11.7. The van der Waals surface area contributed by atoms with Crippen molar-refractivity contribution in [2.45, 2.75) is 11.8 Å². The Morgan fingerprint density at radius 2 is 2.00 bits per heavy atom. The number of nitrogens with one attached hydrogen (secondary N) is 1. The highest BCUT2D eigenvalue weighted by Crippen LogP contribution is 2.29. The summed E-state index contributed by atoms with van der Waals surface area (Å²) in [6.07, 6.45) is 0. The summed E-state index contributed by atoms with van der Waals surface area (Å²) < 4.78 is 33.9. The van der Waals surface area contributed by atoms with Crippen LogP contribution < -0.4 is 10.5 Å². The number of sulfonamides is 1. The zero-order chi connectivity index (χ0) is 16.2. The van der Waals surface area contributed by atoms with Crippen molar-refractivity contribution in [3.05, 3.63) is 27.7 Å². The monoisotopic (exact) mass is 372 g/mol. The average Bonchev–Trinajstić information content (AvgIpc) is 2.39. The third kappa shape index (κ3) is 5.23. The van der Waals surface area contributed by atoms with Gasteiger partial charge in [-0.15, -0.1) is 0 Å². The lowest BCUT2D eigenvalue weighted by atomic mass is 10.2. The summed E-state index contributed by atoms with van der Waals surface area (Å²) in [5.41, 5.74) is -0.101. The first-order valence-corrected chi connectivity index (χ1v) is 9.60. The third-order valence-corrected chi connectivity index (χ3v) is 5.51. The molecule has 1 aromatic carbocycles. The molecule has 0 aromatic heterocycles. The van der Waals surface area contributed by atoms with Crippen molar-refractivity contribution < 1.29 is 17.4 Å². The molecule has 0 radical (unpaired) electrons. The van der Waals surface area contributed by atoms with Crippen molar-refractivity contribution in [2.75, 3.05) is 18.1 Å². The highest BCUT2D eigenvalue weighted by molar-refractivity contribution is 7.89. The molecule has 3 N–H and O–H groups in total. The van der Waals surface area contributed by atoms with Crippen LogP contribution in [-0.4, -0.2) is 36.6 Å². The lowest BCUT2D eigenvalue weighted by molar-refractivity contribution is 0.0956. The number of nitrogens with two attached hydrogens (primary N) is 1. The van der Waals surface area contributed by atoms with Crippen molar-refractivity contribution in [2.24, 2.45) is 5.14 Å². The maximum absolute atomic E-state index is 12.0. The van der Waals surface area contributed by atoms with Gasteiger partial charge in [-0.2, -0.15) is 0 Å². The van der Waals surface area contributed by atoms with Crippen LogP contribution in [0.3, 0.4) is 0 Å². The van der Waals surface area contributed by atoms with Crippen molar-refractivity contribution >= 4 is 49.9 Å². The Labute approximate surface area is 135 Å². The van der Waals surface area contributed by atoms with Crippen LogP contribution in [0.4, 0.5) is 0 Å². The Morgan fingerprint density at radius 1 is 1.38 bits per heavy atom. The van der Waals surface area contributed by atoms with E-state index in [1.165, 1.54) is 0 Å². The summed E-state index contributed by atoms with van der Waals surface area (Å²) in [4.78, 5) is 11.7. The number of rotatable bonds is 6. The normalized spacial score (nSPS) is 13.0. The van der Waals surface area contributed by atoms with Gasteiger partial charge in [0.25, 0.3) is 5.91 Å². The molecule has 0 aliphatic carbocycles. The molecule has 0 saturated heterocycles. The summed E-state index contributed by atoms with van der Waals surface area (Å²) in [6.45, 7) is 1.94. The first-order chi connectivity index (χ1) is 9.66. The van der Waals surface area contributed by atoms with Crippen LogP contribution in [0.15, 0.2) is 17.0 Å². The maximum atomic E-state index is 12.0. The van der Waals surface area contributed by atoms with Gasteiger partial charge in [-0.25, -0.2) is 13.6 Å². The van der Waals surface area contributed by atoms with E-state index < -0.39 is 26.7 Å². The second kappa shape index (κ2) is 7.55. The summed E-state index contributed by atoms with van der Waals surface area (Å²) in [6, 6.07) is 2.12. The van der Waals surface area contributed by atoms with Crippen LogP contribution in [-0.2, 0) is 20.8 Å². The fourth-order valence-electron chi connectivity index (χ4n) is 1.41. The number of hydrogen-bond acceptors (Lipinski definition) is 4. The van der Waals surface area contributed by atoms with E-state index in [0.29, 0.717) is 11.5 Å². The Kier molecular flexibility index (Phi) is 6.61. The fraction of sp³-hybridized carbons (Fsp3) is 0.364. The van der Waals surface area contributed by atoms with E-state index in [4.69, 9.17) is 28.3 Å². The van der Waals surface area contributed by atoms with Gasteiger partial charge in [0.15, 0.2) is 0 Å². The number of hydrogen-bond donors (Lipinski definition) is 2. The SMILES string of the molecule is CCS(=O)CCNC(=O)c1cc(S(N)(=O)=O)cc(Cl)c1Cl. The summed E-state index contributed by atoms with van der Waals surface area (Å²) in [5, 5.41) is 7.34. The third-order valence-electron chi connectivity index (χ3n) is 2.51. The molecule has 1 atom stereocenters. The van der Waals surface area contributed by atoms with Crippen molar-refractivity contribution in [3.63, 3.8) is 0 Å². The number of carbonyl (C=O) groups excluding carboxylic acids is 1. The minimum absolute atomic E-state index is 0.0711. The van der Waals surface area contributed by atoms with Crippen LogP contribution in [0.25, 0.3) is 0 Å². The molecule has 1 amide bonds. The van der Waals surface area contributed by atoms with E-state index in [1.54, 1.807) is 6.92 Å². The van der Waals surface area contributed by atoms with Gasteiger partial charge in [-0.05, 0) is 12.1 Å². The molecule has 118 valence electrons. The van der Waals surface area contributed by atoms with Gasteiger partial charge < -0.3 is 5.32 Å². The minimum atomic E-state index is -4.01. The highest BCUT2D eigenvalue weighted by Gasteiger charge is 2.19. The quantitative estimate of drug-likeness (QED) is 0.780. The zero-order valence-electron chi connectivity index (χ0n) is 11.1. The second-order valence-electron chi connectivity index (χ2n) is 4.00. The van der Waals surface area contributed by atoms with E-state index in [2.05, 4.69) is 5.32 Å². The van der Waals surface area contributed by atoms with Gasteiger partial charge in [0.05, 0.1) is 20.5 Å². The van der Waals surface area contributed by atoms with Gasteiger partial charge in [-0.1, -0.05) is 30.1 Å². The van der Waals surface area contributed by atoms with E-state index in [9.17, 15) is 17.4 Å². The predicted octanol–water partition coefficient (Wildman–Crippen LogP) is 1.14. The summed E-state index contributed by atoms with van der Waals surface area (Å²) in [7, 11) is -5.03. The molecule has 21 heavy (non-hydrogen) atoms. The molecule has 0 aliphatic rings. The Hall–Kier alpha value is -0.670.